The van der Waals surface area contributed by atoms with Gasteiger partial charge in [-0.2, -0.15) is 0 Å². The molecule has 0 unspecified atom stereocenters. The molecule has 0 aliphatic carbocycles. The fraction of sp³-hybridized carbons (Fsp3) is 0.636. The van der Waals surface area contributed by atoms with E-state index < -0.39 is 5.60 Å². The summed E-state index contributed by atoms with van der Waals surface area (Å²) < 4.78 is 5.23. The van der Waals surface area contributed by atoms with Crippen LogP contribution in [0.15, 0.2) is 24.3 Å². The van der Waals surface area contributed by atoms with Gasteiger partial charge in [0.2, 0.25) is 0 Å². The summed E-state index contributed by atoms with van der Waals surface area (Å²) in [7, 11) is 0. The van der Waals surface area contributed by atoms with Crippen LogP contribution in [0.4, 0.5) is 15.3 Å². The van der Waals surface area contributed by atoms with Crippen LogP contribution < -0.4 is 16.0 Å². The lowest BCUT2D eigenvalue weighted by atomic mass is 10.0. The summed E-state index contributed by atoms with van der Waals surface area (Å²) in [6.45, 7) is 11.6. The summed E-state index contributed by atoms with van der Waals surface area (Å²) in [6.07, 6.45) is 2.24. The molecule has 7 nitrogen and oxygen atoms in total. The molecule has 1 fully saturated rings. The quantitative estimate of drug-likeness (QED) is 0.674. The summed E-state index contributed by atoms with van der Waals surface area (Å²) in [5, 5.41) is 9.29. The van der Waals surface area contributed by atoms with Gasteiger partial charge in [0.25, 0.3) is 0 Å². The van der Waals surface area contributed by atoms with E-state index >= 15 is 0 Å². The fourth-order valence-corrected chi connectivity index (χ4v) is 3.19. The highest BCUT2D eigenvalue weighted by Gasteiger charge is 2.23. The van der Waals surface area contributed by atoms with Gasteiger partial charge in [-0.15, -0.1) is 0 Å². The summed E-state index contributed by atoms with van der Waals surface area (Å²) in [4.78, 5) is 25.6. The lowest BCUT2D eigenvalue weighted by molar-refractivity contribution is 0.0528. The Hall–Kier alpha value is -2.44. The number of carbonyl (C=O) groups is 2. The smallest absolute Gasteiger partial charge is 0.407 e. The van der Waals surface area contributed by atoms with Crippen LogP contribution in [0.2, 0.25) is 0 Å². The molecule has 1 aliphatic heterocycles. The highest BCUT2D eigenvalue weighted by molar-refractivity contribution is 5.74. The molecule has 162 valence electrons. The Morgan fingerprint density at radius 1 is 1.14 bits per heavy atom. The van der Waals surface area contributed by atoms with Gasteiger partial charge >= 0.3 is 12.1 Å². The predicted molar refractivity (Wildman–Crippen MR) is 116 cm³/mol. The molecule has 0 radical (unpaired) electrons. The Bertz CT molecular complexity index is 660. The van der Waals surface area contributed by atoms with Gasteiger partial charge in [0.1, 0.15) is 5.60 Å². The van der Waals surface area contributed by atoms with E-state index in [1.165, 1.54) is 0 Å². The number of piperidine rings is 1. The van der Waals surface area contributed by atoms with Gasteiger partial charge in [-0.1, -0.05) is 12.1 Å². The van der Waals surface area contributed by atoms with Crippen molar-refractivity contribution in [2.75, 3.05) is 25.0 Å². The van der Waals surface area contributed by atoms with E-state index in [0.717, 1.165) is 43.6 Å². The van der Waals surface area contributed by atoms with E-state index in [-0.39, 0.29) is 18.2 Å². The van der Waals surface area contributed by atoms with Crippen molar-refractivity contribution in [1.82, 2.24) is 15.5 Å². The van der Waals surface area contributed by atoms with Crippen molar-refractivity contribution in [3.63, 3.8) is 0 Å². The molecule has 0 saturated carbocycles. The molecule has 3 amide bonds. The minimum Gasteiger partial charge on any atom is -0.444 e. The van der Waals surface area contributed by atoms with E-state index in [1.807, 2.05) is 39.5 Å². The molecule has 0 spiro atoms. The van der Waals surface area contributed by atoms with E-state index in [0.29, 0.717) is 12.6 Å². The van der Waals surface area contributed by atoms with Gasteiger partial charge in [-0.05, 0) is 71.6 Å². The number of carbonyl (C=O) groups excluding carboxylic acids is 2. The third-order valence-electron chi connectivity index (χ3n) is 4.60. The van der Waals surface area contributed by atoms with E-state index in [4.69, 9.17) is 4.74 Å². The molecule has 1 aromatic rings. The largest absolute Gasteiger partial charge is 0.444 e. The van der Waals surface area contributed by atoms with Crippen LogP contribution in [-0.2, 0) is 11.2 Å². The Labute approximate surface area is 174 Å². The number of nitrogens with zero attached hydrogens (tertiary/aromatic N) is 1. The number of amides is 3. The molecule has 1 aliphatic rings. The number of anilines is 1. The van der Waals surface area contributed by atoms with Gasteiger partial charge in [-0.3, -0.25) is 0 Å². The van der Waals surface area contributed by atoms with Crippen molar-refractivity contribution >= 4 is 17.8 Å². The van der Waals surface area contributed by atoms with E-state index in [1.54, 1.807) is 0 Å². The highest BCUT2D eigenvalue weighted by Crippen LogP contribution is 2.18. The number of ether oxygens (including phenoxy) is 1. The van der Waals surface area contributed by atoms with Crippen LogP contribution in [0.5, 0.6) is 0 Å². The Morgan fingerprint density at radius 2 is 1.76 bits per heavy atom. The number of hydrogen-bond acceptors (Lipinski definition) is 4. The van der Waals surface area contributed by atoms with Crippen molar-refractivity contribution in [3.8, 4) is 0 Å². The second kappa shape index (κ2) is 10.4. The Morgan fingerprint density at radius 3 is 2.31 bits per heavy atom. The molecule has 1 saturated heterocycles. The van der Waals surface area contributed by atoms with Crippen LogP contribution in [0.25, 0.3) is 0 Å². The van der Waals surface area contributed by atoms with Crippen LogP contribution in [0.3, 0.4) is 0 Å². The van der Waals surface area contributed by atoms with Crippen LogP contribution in [0.1, 0.15) is 53.0 Å². The molecule has 3 N–H and O–H groups in total. The average Bonchev–Trinajstić information content (AvgIpc) is 2.62. The van der Waals surface area contributed by atoms with Crippen LogP contribution >= 0.6 is 0 Å². The van der Waals surface area contributed by atoms with Crippen molar-refractivity contribution in [1.29, 1.82) is 0 Å². The Kier molecular flexibility index (Phi) is 8.17. The van der Waals surface area contributed by atoms with Crippen molar-refractivity contribution in [2.45, 2.75) is 71.6 Å². The molecule has 0 atom stereocenters. The normalized spacial score (nSPS) is 15.2. The number of benzene rings is 1. The zero-order valence-electron chi connectivity index (χ0n) is 18.4. The molecule has 0 bridgehead atoms. The van der Waals surface area contributed by atoms with Gasteiger partial charge in [-0.25, -0.2) is 9.59 Å². The van der Waals surface area contributed by atoms with E-state index in [2.05, 4.69) is 40.2 Å². The Balaban J connectivity index is 1.70. The molecule has 1 aromatic carbocycles. The van der Waals surface area contributed by atoms with E-state index in [9.17, 15) is 9.59 Å². The van der Waals surface area contributed by atoms with Gasteiger partial charge < -0.3 is 25.6 Å². The maximum absolute atomic E-state index is 12.1. The number of alkyl carbamates (subject to hydrolysis) is 1. The van der Waals surface area contributed by atoms with Gasteiger partial charge in [0.15, 0.2) is 0 Å². The van der Waals surface area contributed by atoms with Crippen molar-refractivity contribution in [3.05, 3.63) is 29.8 Å². The lowest BCUT2D eigenvalue weighted by Crippen LogP contribution is -2.48. The number of urea groups is 1. The van der Waals surface area contributed by atoms with Gasteiger partial charge in [0.05, 0.1) is 0 Å². The summed E-state index contributed by atoms with van der Waals surface area (Å²) in [5.74, 6) is 0. The van der Waals surface area contributed by atoms with Crippen LogP contribution in [0, 0.1) is 0 Å². The minimum absolute atomic E-state index is 0.0304. The van der Waals surface area contributed by atoms with Crippen molar-refractivity contribution < 1.29 is 14.3 Å². The van der Waals surface area contributed by atoms with Crippen molar-refractivity contribution in [2.24, 2.45) is 0 Å². The monoisotopic (exact) mass is 404 g/mol. The summed E-state index contributed by atoms with van der Waals surface area (Å²) in [5.41, 5.74) is 1.76. The molecule has 0 aromatic heterocycles. The highest BCUT2D eigenvalue weighted by atomic mass is 16.6. The first kappa shape index (κ1) is 22.8. The van der Waals surface area contributed by atoms with Gasteiger partial charge in [0, 0.05) is 37.4 Å². The summed E-state index contributed by atoms with van der Waals surface area (Å²) in [6, 6.07) is 8.85. The first-order valence-electron chi connectivity index (χ1n) is 10.5. The number of rotatable bonds is 6. The lowest BCUT2D eigenvalue weighted by Gasteiger charge is -2.33. The molecular formula is C22H36N4O3. The third kappa shape index (κ3) is 8.62. The standard InChI is InChI=1S/C22H36N4O3/c1-16(2)24-20(27)26-14-11-19(12-15-26)25-18-8-6-17(7-9-18)10-13-23-21(28)29-22(3,4)5/h6-9,16,19,25H,10-15H2,1-5H3,(H,23,28)(H,24,27). The topological polar surface area (TPSA) is 82.7 Å². The summed E-state index contributed by atoms with van der Waals surface area (Å²) >= 11 is 0. The second-order valence-electron chi connectivity index (χ2n) is 8.89. The maximum atomic E-state index is 12.1. The molecule has 2 rings (SSSR count). The SMILES string of the molecule is CC(C)NC(=O)N1CCC(Nc2ccc(CCNC(=O)OC(C)(C)C)cc2)CC1. The first-order chi connectivity index (χ1) is 13.6. The molecule has 1 heterocycles. The molecular weight excluding hydrogens is 368 g/mol. The third-order valence-corrected chi connectivity index (χ3v) is 4.60. The number of nitrogens with one attached hydrogen (secondary N) is 3. The first-order valence-corrected chi connectivity index (χ1v) is 10.5. The molecule has 29 heavy (non-hydrogen) atoms. The zero-order chi connectivity index (χ0) is 21.4. The number of hydrogen-bond donors (Lipinski definition) is 3. The minimum atomic E-state index is -0.480. The second-order valence-corrected chi connectivity index (χ2v) is 8.89. The molecule has 7 heteroatoms. The fourth-order valence-electron chi connectivity index (χ4n) is 3.19. The average molecular weight is 405 g/mol. The zero-order valence-corrected chi connectivity index (χ0v) is 18.4. The predicted octanol–water partition coefficient (Wildman–Crippen LogP) is 3.75. The maximum Gasteiger partial charge on any atom is 0.407 e. The van der Waals surface area contributed by atoms with Crippen LogP contribution in [-0.4, -0.2) is 54.3 Å². The number of likely N-dealkylation sites (tertiary alicyclic amines) is 1.